The summed E-state index contributed by atoms with van der Waals surface area (Å²) in [5.74, 6) is 0. The van der Waals surface area contributed by atoms with Crippen LogP contribution in [0.3, 0.4) is 0 Å². The summed E-state index contributed by atoms with van der Waals surface area (Å²) in [5, 5.41) is 4.24. The Balaban J connectivity index is 2.62. The maximum Gasteiger partial charge on any atom is 0.0661 e. The van der Waals surface area contributed by atoms with Crippen molar-refractivity contribution in [2.24, 2.45) is 0 Å². The molecule has 1 aromatic carbocycles. The van der Waals surface area contributed by atoms with Crippen molar-refractivity contribution in [3.05, 3.63) is 34.9 Å². The summed E-state index contributed by atoms with van der Waals surface area (Å²) in [7, 11) is 0. The topological polar surface area (TPSA) is 21.3 Å². The number of nitrogens with one attached hydrogen (secondary N) is 1. The fourth-order valence-electron chi connectivity index (χ4n) is 1.52. The van der Waals surface area contributed by atoms with Gasteiger partial charge in [0.25, 0.3) is 0 Å². The highest BCUT2D eigenvalue weighted by Crippen LogP contribution is 2.17. The van der Waals surface area contributed by atoms with Crippen molar-refractivity contribution >= 4 is 11.6 Å². The zero-order chi connectivity index (χ0) is 11.8. The second-order valence-corrected chi connectivity index (χ2v) is 4.15. The second kappa shape index (κ2) is 7.66. The number of rotatable bonds is 7. The van der Waals surface area contributed by atoms with E-state index >= 15 is 0 Å². The van der Waals surface area contributed by atoms with E-state index in [1.807, 2.05) is 19.1 Å². The predicted octanol–water partition coefficient (Wildman–Crippen LogP) is 3.42. The molecule has 16 heavy (non-hydrogen) atoms. The smallest absolute Gasteiger partial charge is 0.0661 e. The van der Waals surface area contributed by atoms with E-state index in [1.165, 1.54) is 5.56 Å². The Morgan fingerprint density at radius 2 is 1.94 bits per heavy atom. The van der Waals surface area contributed by atoms with Crippen LogP contribution in [0.15, 0.2) is 24.3 Å². The molecule has 0 aliphatic rings. The van der Waals surface area contributed by atoms with Crippen LogP contribution in [0.4, 0.5) is 0 Å². The van der Waals surface area contributed by atoms with E-state index in [1.54, 1.807) is 0 Å². The van der Waals surface area contributed by atoms with Gasteiger partial charge in [-0.25, -0.2) is 0 Å². The molecule has 1 unspecified atom stereocenters. The fraction of sp³-hybridized carbons (Fsp3) is 0.538. The lowest BCUT2D eigenvalue weighted by Crippen LogP contribution is -2.26. The van der Waals surface area contributed by atoms with Crippen LogP contribution in [0, 0.1) is 0 Å². The van der Waals surface area contributed by atoms with Gasteiger partial charge >= 0.3 is 0 Å². The third-order valence-electron chi connectivity index (χ3n) is 2.40. The van der Waals surface area contributed by atoms with Crippen LogP contribution < -0.4 is 5.32 Å². The zero-order valence-electron chi connectivity index (χ0n) is 10.0. The Bertz CT molecular complexity index is 278. The van der Waals surface area contributed by atoms with Crippen molar-refractivity contribution < 1.29 is 4.74 Å². The second-order valence-electron chi connectivity index (χ2n) is 3.72. The first-order chi connectivity index (χ1) is 7.77. The van der Waals surface area contributed by atoms with E-state index < -0.39 is 0 Å². The average molecular weight is 242 g/mol. The SMILES string of the molecule is CCCNC(COCC)c1ccc(Cl)cc1. The maximum atomic E-state index is 5.87. The van der Waals surface area contributed by atoms with E-state index in [9.17, 15) is 0 Å². The van der Waals surface area contributed by atoms with Crippen molar-refractivity contribution in [1.82, 2.24) is 5.32 Å². The minimum atomic E-state index is 0.261. The fourth-order valence-corrected chi connectivity index (χ4v) is 1.65. The first-order valence-electron chi connectivity index (χ1n) is 5.84. The maximum absolute atomic E-state index is 5.87. The summed E-state index contributed by atoms with van der Waals surface area (Å²) in [4.78, 5) is 0. The molecule has 1 rings (SSSR count). The third-order valence-corrected chi connectivity index (χ3v) is 2.65. The van der Waals surface area contributed by atoms with Crippen LogP contribution in [-0.2, 0) is 4.74 Å². The van der Waals surface area contributed by atoms with Crippen LogP contribution >= 0.6 is 11.6 Å². The Kier molecular flexibility index (Phi) is 6.46. The molecule has 1 atom stereocenters. The van der Waals surface area contributed by atoms with Gasteiger partial charge in [0.05, 0.1) is 12.6 Å². The number of ether oxygens (including phenoxy) is 1. The summed E-state index contributed by atoms with van der Waals surface area (Å²) < 4.78 is 5.48. The van der Waals surface area contributed by atoms with Crippen molar-refractivity contribution in [2.45, 2.75) is 26.3 Å². The lowest BCUT2D eigenvalue weighted by atomic mass is 10.1. The Morgan fingerprint density at radius 1 is 1.25 bits per heavy atom. The molecule has 0 bridgehead atoms. The van der Waals surface area contributed by atoms with Gasteiger partial charge in [-0.2, -0.15) is 0 Å². The van der Waals surface area contributed by atoms with Gasteiger partial charge in [0.2, 0.25) is 0 Å². The Hall–Kier alpha value is -0.570. The van der Waals surface area contributed by atoms with E-state index in [4.69, 9.17) is 16.3 Å². The van der Waals surface area contributed by atoms with Crippen molar-refractivity contribution in [3.63, 3.8) is 0 Å². The molecule has 1 aromatic rings. The van der Waals surface area contributed by atoms with Gasteiger partial charge in [-0.05, 0) is 37.6 Å². The van der Waals surface area contributed by atoms with Crippen molar-refractivity contribution in [2.75, 3.05) is 19.8 Å². The predicted molar refractivity (Wildman–Crippen MR) is 69.0 cm³/mol. The van der Waals surface area contributed by atoms with Gasteiger partial charge in [-0.3, -0.25) is 0 Å². The van der Waals surface area contributed by atoms with Crippen LogP contribution in [0.25, 0.3) is 0 Å². The molecule has 90 valence electrons. The van der Waals surface area contributed by atoms with Gasteiger partial charge in [0, 0.05) is 11.6 Å². The molecule has 0 aliphatic carbocycles. The Labute approximate surface area is 103 Å². The number of benzene rings is 1. The quantitative estimate of drug-likeness (QED) is 0.790. The van der Waals surface area contributed by atoms with E-state index in [-0.39, 0.29) is 6.04 Å². The number of halogens is 1. The summed E-state index contributed by atoms with van der Waals surface area (Å²) in [5.41, 5.74) is 1.23. The zero-order valence-corrected chi connectivity index (χ0v) is 10.8. The molecular weight excluding hydrogens is 222 g/mol. The molecule has 3 heteroatoms. The molecule has 0 saturated heterocycles. The van der Waals surface area contributed by atoms with Gasteiger partial charge < -0.3 is 10.1 Å². The van der Waals surface area contributed by atoms with E-state index in [0.29, 0.717) is 6.61 Å². The molecule has 0 heterocycles. The molecular formula is C13H20ClNO. The molecule has 0 radical (unpaired) electrons. The van der Waals surface area contributed by atoms with Gasteiger partial charge in [0.1, 0.15) is 0 Å². The summed E-state index contributed by atoms with van der Waals surface area (Å²) in [6.45, 7) is 6.63. The minimum Gasteiger partial charge on any atom is -0.380 e. The standard InChI is InChI=1S/C13H20ClNO/c1-3-9-15-13(10-16-4-2)11-5-7-12(14)8-6-11/h5-8,13,15H,3-4,9-10H2,1-2H3. The Morgan fingerprint density at radius 3 is 2.50 bits per heavy atom. The third kappa shape index (κ3) is 4.52. The van der Waals surface area contributed by atoms with Gasteiger partial charge in [-0.15, -0.1) is 0 Å². The average Bonchev–Trinajstić information content (AvgIpc) is 2.31. The molecule has 1 N–H and O–H groups in total. The van der Waals surface area contributed by atoms with E-state index in [2.05, 4.69) is 24.4 Å². The molecule has 0 amide bonds. The first kappa shape index (κ1) is 13.5. The normalized spacial score (nSPS) is 12.7. The van der Waals surface area contributed by atoms with Crippen LogP contribution in [0.1, 0.15) is 31.9 Å². The monoisotopic (exact) mass is 241 g/mol. The van der Waals surface area contributed by atoms with Crippen LogP contribution in [0.5, 0.6) is 0 Å². The van der Waals surface area contributed by atoms with Gasteiger partial charge in [-0.1, -0.05) is 30.7 Å². The van der Waals surface area contributed by atoms with Crippen LogP contribution in [0.2, 0.25) is 5.02 Å². The van der Waals surface area contributed by atoms with Crippen molar-refractivity contribution in [1.29, 1.82) is 0 Å². The molecule has 0 spiro atoms. The van der Waals surface area contributed by atoms with Crippen LogP contribution in [-0.4, -0.2) is 19.8 Å². The lowest BCUT2D eigenvalue weighted by molar-refractivity contribution is 0.123. The molecule has 0 saturated carbocycles. The first-order valence-corrected chi connectivity index (χ1v) is 6.22. The molecule has 0 aromatic heterocycles. The molecule has 0 fully saturated rings. The highest BCUT2D eigenvalue weighted by atomic mass is 35.5. The summed E-state index contributed by atoms with van der Waals surface area (Å²) >= 11 is 5.87. The summed E-state index contributed by atoms with van der Waals surface area (Å²) in [6.07, 6.45) is 1.12. The van der Waals surface area contributed by atoms with E-state index in [0.717, 1.165) is 24.6 Å². The number of hydrogen-bond donors (Lipinski definition) is 1. The molecule has 2 nitrogen and oxygen atoms in total. The highest BCUT2D eigenvalue weighted by molar-refractivity contribution is 6.30. The summed E-state index contributed by atoms with van der Waals surface area (Å²) in [6, 6.07) is 8.20. The van der Waals surface area contributed by atoms with Crippen molar-refractivity contribution in [3.8, 4) is 0 Å². The minimum absolute atomic E-state index is 0.261. The highest BCUT2D eigenvalue weighted by Gasteiger charge is 2.09. The van der Waals surface area contributed by atoms with Gasteiger partial charge in [0.15, 0.2) is 0 Å². The lowest BCUT2D eigenvalue weighted by Gasteiger charge is -2.18. The molecule has 0 aliphatic heterocycles. The largest absolute Gasteiger partial charge is 0.380 e. The number of hydrogen-bond acceptors (Lipinski definition) is 2.